The summed E-state index contributed by atoms with van der Waals surface area (Å²) in [6.45, 7) is 4.78. The maximum absolute atomic E-state index is 13.9. The molecular formula is C25H23ClF3N5OS. The van der Waals surface area contributed by atoms with Crippen molar-refractivity contribution < 1.29 is 18.0 Å². The number of piperazine rings is 1. The quantitative estimate of drug-likeness (QED) is 0.333. The molecule has 1 aliphatic heterocycles. The summed E-state index contributed by atoms with van der Waals surface area (Å²) >= 11 is 7.66. The first-order valence-electron chi connectivity index (χ1n) is 11.5. The van der Waals surface area contributed by atoms with E-state index < -0.39 is 17.8 Å². The molecule has 5 rings (SSSR count). The Kier molecular flexibility index (Phi) is 6.76. The maximum atomic E-state index is 13.9. The number of aromatic nitrogens is 3. The summed E-state index contributed by atoms with van der Waals surface area (Å²) in [5, 5.41) is 4.72. The molecule has 1 aromatic carbocycles. The summed E-state index contributed by atoms with van der Waals surface area (Å²) in [4.78, 5) is 23.1. The summed E-state index contributed by atoms with van der Waals surface area (Å²) in [7, 11) is 0. The highest BCUT2D eigenvalue weighted by Gasteiger charge is 2.36. The van der Waals surface area contributed by atoms with Gasteiger partial charge >= 0.3 is 6.18 Å². The van der Waals surface area contributed by atoms with Gasteiger partial charge in [0.2, 0.25) is 0 Å². The van der Waals surface area contributed by atoms with E-state index in [0.29, 0.717) is 42.6 Å². The molecule has 1 aliphatic rings. The van der Waals surface area contributed by atoms with Crippen LogP contribution in [0.5, 0.6) is 0 Å². The number of fused-ring (bicyclic) bond motifs is 1. The zero-order valence-electron chi connectivity index (χ0n) is 19.4. The minimum absolute atomic E-state index is 0.00743. The number of amides is 1. The lowest BCUT2D eigenvalue weighted by Crippen LogP contribution is -2.48. The van der Waals surface area contributed by atoms with E-state index in [4.69, 9.17) is 11.6 Å². The summed E-state index contributed by atoms with van der Waals surface area (Å²) in [6, 6.07) is 13.6. The third-order valence-corrected chi connectivity index (χ3v) is 7.83. The number of carbonyl (C=O) groups excluding carboxylic acids is 1. The molecule has 0 bridgehead atoms. The van der Waals surface area contributed by atoms with Crippen molar-refractivity contribution in [3.05, 3.63) is 75.4 Å². The van der Waals surface area contributed by atoms with Gasteiger partial charge in [-0.05, 0) is 36.2 Å². The average Bonchev–Trinajstić information content (AvgIpc) is 3.51. The van der Waals surface area contributed by atoms with Crippen LogP contribution in [0.25, 0.3) is 16.2 Å². The first kappa shape index (κ1) is 24.7. The second-order valence-electron chi connectivity index (χ2n) is 8.60. The molecule has 1 saturated heterocycles. The molecule has 11 heteroatoms. The van der Waals surface area contributed by atoms with Gasteiger partial charge in [-0.2, -0.15) is 18.3 Å². The summed E-state index contributed by atoms with van der Waals surface area (Å²) in [6.07, 6.45) is -3.87. The Morgan fingerprint density at radius 3 is 2.50 bits per heavy atom. The van der Waals surface area contributed by atoms with Crippen molar-refractivity contribution in [3.63, 3.8) is 0 Å². The Bertz CT molecular complexity index is 1410. The maximum Gasteiger partial charge on any atom is 0.433 e. The van der Waals surface area contributed by atoms with E-state index in [2.05, 4.69) is 15.0 Å². The summed E-state index contributed by atoms with van der Waals surface area (Å²) < 4.78 is 42.4. The van der Waals surface area contributed by atoms with Crippen LogP contribution in [0, 0.1) is 0 Å². The molecule has 0 radical (unpaired) electrons. The standard InChI is InChI=1S/C25H23ClF3N5OS/c1-2-17-7-8-21(36-17)19-13-22(25(27,28)29)34-23(30-19)14-20(31-34)24(35)33-11-9-32(10-12-33)15-16-5-3-4-6-18(16)26/h3-8,13-14H,2,9-12,15H2,1H3. The fourth-order valence-corrected chi connectivity index (χ4v) is 5.35. The van der Waals surface area contributed by atoms with E-state index in [1.54, 1.807) is 11.0 Å². The second kappa shape index (κ2) is 9.84. The number of nitrogens with zero attached hydrogens (tertiary/aromatic N) is 5. The van der Waals surface area contributed by atoms with E-state index in [9.17, 15) is 18.0 Å². The fourth-order valence-electron chi connectivity index (χ4n) is 4.25. The van der Waals surface area contributed by atoms with Crippen LogP contribution in [0.2, 0.25) is 5.02 Å². The number of halogens is 4. The van der Waals surface area contributed by atoms with Gasteiger partial charge in [0.1, 0.15) is 0 Å². The van der Waals surface area contributed by atoms with Gasteiger partial charge in [0.25, 0.3) is 5.91 Å². The van der Waals surface area contributed by atoms with Crippen molar-refractivity contribution in [1.82, 2.24) is 24.4 Å². The molecule has 0 spiro atoms. The lowest BCUT2D eigenvalue weighted by atomic mass is 10.2. The molecule has 0 unspecified atom stereocenters. The van der Waals surface area contributed by atoms with Crippen molar-refractivity contribution in [2.75, 3.05) is 26.2 Å². The third-order valence-electron chi connectivity index (χ3n) is 6.21. The highest BCUT2D eigenvalue weighted by molar-refractivity contribution is 7.15. The van der Waals surface area contributed by atoms with Crippen molar-refractivity contribution in [1.29, 1.82) is 0 Å². The predicted octanol–water partition coefficient (Wildman–Crippen LogP) is 5.65. The molecule has 0 atom stereocenters. The zero-order valence-corrected chi connectivity index (χ0v) is 21.0. The minimum atomic E-state index is -4.66. The number of benzene rings is 1. The van der Waals surface area contributed by atoms with Gasteiger partial charge in [-0.15, -0.1) is 11.3 Å². The molecule has 0 aliphatic carbocycles. The number of hydrogen-bond donors (Lipinski definition) is 0. The number of carbonyl (C=O) groups is 1. The highest BCUT2D eigenvalue weighted by Crippen LogP contribution is 2.34. The number of alkyl halides is 3. The monoisotopic (exact) mass is 533 g/mol. The third kappa shape index (κ3) is 4.98. The lowest BCUT2D eigenvalue weighted by molar-refractivity contribution is -0.142. The molecule has 1 fully saturated rings. The van der Waals surface area contributed by atoms with Crippen LogP contribution < -0.4 is 0 Å². The second-order valence-corrected chi connectivity index (χ2v) is 10.2. The SMILES string of the molecule is CCc1ccc(-c2cc(C(F)(F)F)n3nc(C(=O)N4CCN(Cc5ccccc5Cl)CC4)cc3n2)s1. The van der Waals surface area contributed by atoms with E-state index in [-0.39, 0.29) is 17.0 Å². The van der Waals surface area contributed by atoms with Crippen molar-refractivity contribution >= 4 is 34.5 Å². The van der Waals surface area contributed by atoms with Gasteiger partial charge < -0.3 is 4.90 Å². The lowest BCUT2D eigenvalue weighted by Gasteiger charge is -2.34. The molecule has 0 N–H and O–H groups in total. The van der Waals surface area contributed by atoms with Crippen LogP contribution in [-0.4, -0.2) is 56.5 Å². The smallest absolute Gasteiger partial charge is 0.335 e. The van der Waals surface area contributed by atoms with Gasteiger partial charge in [-0.3, -0.25) is 9.69 Å². The number of thiophene rings is 1. The molecule has 36 heavy (non-hydrogen) atoms. The van der Waals surface area contributed by atoms with E-state index in [0.717, 1.165) is 27.4 Å². The summed E-state index contributed by atoms with van der Waals surface area (Å²) in [5.74, 6) is -0.406. The van der Waals surface area contributed by atoms with Gasteiger partial charge in [-0.1, -0.05) is 36.7 Å². The zero-order chi connectivity index (χ0) is 25.4. The molecule has 6 nitrogen and oxygen atoms in total. The Morgan fingerprint density at radius 2 is 1.83 bits per heavy atom. The molecule has 3 aromatic heterocycles. The summed E-state index contributed by atoms with van der Waals surface area (Å²) in [5.41, 5.74) is 0.207. The van der Waals surface area contributed by atoms with Gasteiger partial charge in [-0.25, -0.2) is 9.50 Å². The average molecular weight is 534 g/mol. The molecule has 4 aromatic rings. The Hall–Kier alpha value is -2.95. The van der Waals surface area contributed by atoms with Gasteiger partial charge in [0.05, 0.1) is 10.6 Å². The Morgan fingerprint density at radius 1 is 1.08 bits per heavy atom. The van der Waals surface area contributed by atoms with Crippen LogP contribution in [0.1, 0.15) is 33.5 Å². The fraction of sp³-hybridized carbons (Fsp3) is 0.320. The first-order chi connectivity index (χ1) is 17.2. The molecular weight excluding hydrogens is 511 g/mol. The molecule has 188 valence electrons. The number of hydrogen-bond acceptors (Lipinski definition) is 5. The topological polar surface area (TPSA) is 53.7 Å². The largest absolute Gasteiger partial charge is 0.433 e. The minimum Gasteiger partial charge on any atom is -0.335 e. The van der Waals surface area contributed by atoms with E-state index in [1.165, 1.54) is 17.4 Å². The number of rotatable bonds is 5. The van der Waals surface area contributed by atoms with Crippen molar-refractivity contribution in [3.8, 4) is 10.6 Å². The van der Waals surface area contributed by atoms with Crippen LogP contribution in [0.15, 0.2) is 48.5 Å². The van der Waals surface area contributed by atoms with Crippen molar-refractivity contribution in [2.24, 2.45) is 0 Å². The predicted molar refractivity (Wildman–Crippen MR) is 133 cm³/mol. The normalized spacial score (nSPS) is 15.1. The van der Waals surface area contributed by atoms with Crippen molar-refractivity contribution in [2.45, 2.75) is 26.1 Å². The van der Waals surface area contributed by atoms with Crippen LogP contribution in [-0.2, 0) is 19.1 Å². The van der Waals surface area contributed by atoms with Crippen LogP contribution in [0.4, 0.5) is 13.2 Å². The van der Waals surface area contributed by atoms with Crippen LogP contribution in [0.3, 0.4) is 0 Å². The van der Waals surface area contributed by atoms with E-state index >= 15 is 0 Å². The number of aryl methyl sites for hydroxylation is 1. The van der Waals surface area contributed by atoms with Gasteiger partial charge in [0, 0.05) is 48.7 Å². The van der Waals surface area contributed by atoms with E-state index in [1.807, 2.05) is 37.3 Å². The highest BCUT2D eigenvalue weighted by atomic mass is 35.5. The Balaban J connectivity index is 1.37. The van der Waals surface area contributed by atoms with Crippen LogP contribution >= 0.6 is 22.9 Å². The first-order valence-corrected chi connectivity index (χ1v) is 12.7. The van der Waals surface area contributed by atoms with Gasteiger partial charge in [0.15, 0.2) is 17.0 Å². The molecule has 0 saturated carbocycles. The molecule has 1 amide bonds. The Labute approximate surface area is 214 Å². The molecule has 4 heterocycles.